The topological polar surface area (TPSA) is 26.3 Å². The fourth-order valence-electron chi connectivity index (χ4n) is 2.15. The molecule has 0 spiro atoms. The maximum Gasteiger partial charge on any atom is 0.333 e. The molecule has 0 aliphatic carbocycles. The van der Waals surface area contributed by atoms with Crippen LogP contribution in [0.15, 0.2) is 12.2 Å². The fourth-order valence-corrected chi connectivity index (χ4v) is 2.15. The minimum Gasteiger partial charge on any atom is -0.459 e. The first kappa shape index (κ1) is 17.2. The summed E-state index contributed by atoms with van der Waals surface area (Å²) in [7, 11) is 0. The Bertz CT molecular complexity index is 245. The van der Waals surface area contributed by atoms with Crippen molar-refractivity contribution < 1.29 is 9.53 Å². The van der Waals surface area contributed by atoms with Crippen LogP contribution in [0.25, 0.3) is 0 Å². The monoisotopic (exact) mass is 254 g/mol. The molecule has 0 aromatic rings. The van der Waals surface area contributed by atoms with E-state index in [0.29, 0.717) is 11.5 Å². The van der Waals surface area contributed by atoms with Gasteiger partial charge in [0.05, 0.1) is 0 Å². The van der Waals surface area contributed by atoms with Crippen LogP contribution in [0.2, 0.25) is 0 Å². The molecular weight excluding hydrogens is 224 g/mol. The van der Waals surface area contributed by atoms with Gasteiger partial charge in [-0.25, -0.2) is 4.79 Å². The molecule has 0 N–H and O–H groups in total. The van der Waals surface area contributed by atoms with Crippen LogP contribution in [0, 0.1) is 5.92 Å². The summed E-state index contributed by atoms with van der Waals surface area (Å²) in [4.78, 5) is 11.6. The van der Waals surface area contributed by atoms with Crippen LogP contribution >= 0.6 is 0 Å². The summed E-state index contributed by atoms with van der Waals surface area (Å²) in [6.07, 6.45) is 8.01. The molecule has 2 nitrogen and oxygen atoms in total. The van der Waals surface area contributed by atoms with Crippen molar-refractivity contribution in [3.8, 4) is 0 Å². The molecule has 2 unspecified atom stereocenters. The molecule has 0 heterocycles. The van der Waals surface area contributed by atoms with E-state index in [-0.39, 0.29) is 12.1 Å². The van der Waals surface area contributed by atoms with E-state index < -0.39 is 0 Å². The molecule has 0 aromatic carbocycles. The number of hydrogen-bond acceptors (Lipinski definition) is 2. The highest BCUT2D eigenvalue weighted by molar-refractivity contribution is 5.87. The van der Waals surface area contributed by atoms with Gasteiger partial charge in [0.1, 0.15) is 6.10 Å². The standard InChI is InChI=1S/C16H30O2/c1-6-9-11-14(8-3)12-15(10-7-2)18-16(17)13(4)5/h14-15H,4,6-12H2,1-3,5H3. The number of hydrogen-bond donors (Lipinski definition) is 0. The average Bonchev–Trinajstić information content (AvgIpc) is 2.34. The van der Waals surface area contributed by atoms with Crippen molar-refractivity contribution in [2.75, 3.05) is 0 Å². The fraction of sp³-hybridized carbons (Fsp3) is 0.812. The molecule has 0 aliphatic heterocycles. The number of esters is 1. The highest BCUT2D eigenvalue weighted by Crippen LogP contribution is 2.22. The summed E-state index contributed by atoms with van der Waals surface area (Å²) >= 11 is 0. The molecule has 18 heavy (non-hydrogen) atoms. The zero-order valence-corrected chi connectivity index (χ0v) is 12.6. The van der Waals surface area contributed by atoms with Gasteiger partial charge in [0, 0.05) is 5.57 Å². The summed E-state index contributed by atoms with van der Waals surface area (Å²) in [6, 6.07) is 0. The van der Waals surface area contributed by atoms with Crippen LogP contribution in [-0.2, 0) is 9.53 Å². The molecule has 0 saturated heterocycles. The van der Waals surface area contributed by atoms with Gasteiger partial charge in [-0.1, -0.05) is 59.5 Å². The lowest BCUT2D eigenvalue weighted by Crippen LogP contribution is -2.21. The summed E-state index contributed by atoms with van der Waals surface area (Å²) < 4.78 is 5.53. The third kappa shape index (κ3) is 7.52. The lowest BCUT2D eigenvalue weighted by atomic mass is 9.91. The predicted molar refractivity (Wildman–Crippen MR) is 77.5 cm³/mol. The molecule has 0 aromatic heterocycles. The van der Waals surface area contributed by atoms with Gasteiger partial charge in [0.2, 0.25) is 0 Å². The van der Waals surface area contributed by atoms with Crippen LogP contribution < -0.4 is 0 Å². The van der Waals surface area contributed by atoms with Crippen molar-refractivity contribution in [3.63, 3.8) is 0 Å². The van der Waals surface area contributed by atoms with E-state index in [9.17, 15) is 4.79 Å². The van der Waals surface area contributed by atoms with Crippen LogP contribution in [-0.4, -0.2) is 12.1 Å². The Morgan fingerprint density at radius 2 is 1.83 bits per heavy atom. The molecule has 2 atom stereocenters. The van der Waals surface area contributed by atoms with Crippen molar-refractivity contribution in [3.05, 3.63) is 12.2 Å². The van der Waals surface area contributed by atoms with Crippen LogP contribution in [0.3, 0.4) is 0 Å². The van der Waals surface area contributed by atoms with E-state index in [0.717, 1.165) is 19.3 Å². The van der Waals surface area contributed by atoms with Crippen LogP contribution in [0.5, 0.6) is 0 Å². The van der Waals surface area contributed by atoms with Gasteiger partial charge in [-0.05, 0) is 25.7 Å². The Kier molecular flexibility index (Phi) is 9.72. The number of carbonyl (C=O) groups is 1. The Labute approximate surface area is 113 Å². The largest absolute Gasteiger partial charge is 0.459 e. The second kappa shape index (κ2) is 10.2. The van der Waals surface area contributed by atoms with Gasteiger partial charge in [0.25, 0.3) is 0 Å². The Balaban J connectivity index is 4.30. The predicted octanol–water partition coefficient (Wildman–Crippen LogP) is 4.88. The van der Waals surface area contributed by atoms with Gasteiger partial charge in [-0.15, -0.1) is 0 Å². The molecule has 0 aliphatic rings. The number of ether oxygens (including phenoxy) is 1. The van der Waals surface area contributed by atoms with Gasteiger partial charge >= 0.3 is 5.97 Å². The SMILES string of the molecule is C=C(C)C(=O)OC(CCC)CC(CC)CCCC. The quantitative estimate of drug-likeness (QED) is 0.410. The molecule has 2 heteroatoms. The van der Waals surface area contributed by atoms with Crippen molar-refractivity contribution in [2.45, 2.75) is 78.7 Å². The van der Waals surface area contributed by atoms with Gasteiger partial charge < -0.3 is 4.74 Å². The zero-order chi connectivity index (χ0) is 14.0. The average molecular weight is 254 g/mol. The third-order valence-corrected chi connectivity index (χ3v) is 3.37. The van der Waals surface area contributed by atoms with E-state index in [1.807, 2.05) is 0 Å². The first-order valence-corrected chi connectivity index (χ1v) is 7.41. The first-order valence-electron chi connectivity index (χ1n) is 7.41. The van der Waals surface area contributed by atoms with E-state index in [4.69, 9.17) is 4.74 Å². The molecule has 0 fully saturated rings. The lowest BCUT2D eigenvalue weighted by Gasteiger charge is -2.22. The molecule has 106 valence electrons. The highest BCUT2D eigenvalue weighted by atomic mass is 16.5. The lowest BCUT2D eigenvalue weighted by molar-refractivity contribution is -0.145. The van der Waals surface area contributed by atoms with Crippen molar-refractivity contribution in [1.29, 1.82) is 0 Å². The molecular formula is C16H30O2. The normalized spacial score (nSPS) is 14.0. The highest BCUT2D eigenvalue weighted by Gasteiger charge is 2.18. The first-order chi connectivity index (χ1) is 8.54. The third-order valence-electron chi connectivity index (χ3n) is 3.37. The van der Waals surface area contributed by atoms with Crippen molar-refractivity contribution >= 4 is 5.97 Å². The maximum absolute atomic E-state index is 11.6. The number of unbranched alkanes of at least 4 members (excludes halogenated alkanes) is 1. The summed E-state index contributed by atoms with van der Waals surface area (Å²) in [5, 5.41) is 0. The second-order valence-corrected chi connectivity index (χ2v) is 5.25. The van der Waals surface area contributed by atoms with Gasteiger partial charge in [-0.2, -0.15) is 0 Å². The molecule has 0 rings (SSSR count). The van der Waals surface area contributed by atoms with Gasteiger partial charge in [-0.3, -0.25) is 0 Å². The molecule has 0 radical (unpaired) electrons. The van der Waals surface area contributed by atoms with E-state index in [2.05, 4.69) is 27.4 Å². The number of carbonyl (C=O) groups excluding carboxylic acids is 1. The Morgan fingerprint density at radius 1 is 1.17 bits per heavy atom. The van der Waals surface area contributed by atoms with Gasteiger partial charge in [0.15, 0.2) is 0 Å². The Hall–Kier alpha value is -0.790. The van der Waals surface area contributed by atoms with E-state index in [1.54, 1.807) is 6.92 Å². The van der Waals surface area contributed by atoms with Crippen LogP contribution in [0.4, 0.5) is 0 Å². The summed E-state index contributed by atoms with van der Waals surface area (Å²) in [6.45, 7) is 11.9. The molecule has 0 amide bonds. The smallest absolute Gasteiger partial charge is 0.333 e. The van der Waals surface area contributed by atoms with E-state index in [1.165, 1.54) is 25.7 Å². The minimum absolute atomic E-state index is 0.0704. The molecule has 0 bridgehead atoms. The van der Waals surface area contributed by atoms with Crippen molar-refractivity contribution in [2.24, 2.45) is 5.92 Å². The number of rotatable bonds is 10. The van der Waals surface area contributed by atoms with E-state index >= 15 is 0 Å². The zero-order valence-electron chi connectivity index (χ0n) is 12.6. The minimum atomic E-state index is -0.237. The second-order valence-electron chi connectivity index (χ2n) is 5.25. The Morgan fingerprint density at radius 3 is 2.28 bits per heavy atom. The summed E-state index contributed by atoms with van der Waals surface area (Å²) in [5.41, 5.74) is 0.498. The van der Waals surface area contributed by atoms with Crippen LogP contribution in [0.1, 0.15) is 72.6 Å². The summed E-state index contributed by atoms with van der Waals surface area (Å²) in [5.74, 6) is 0.443. The molecule has 0 saturated carbocycles. The van der Waals surface area contributed by atoms with Crippen molar-refractivity contribution in [1.82, 2.24) is 0 Å². The maximum atomic E-state index is 11.6.